The highest BCUT2D eigenvalue weighted by molar-refractivity contribution is 14.0. The molecular weight excluding hydrogens is 464 g/mol. The Morgan fingerprint density at radius 1 is 1.30 bits per heavy atom. The first-order chi connectivity index (χ1) is 12.7. The van der Waals surface area contributed by atoms with Crippen LogP contribution in [0.1, 0.15) is 19.8 Å². The van der Waals surface area contributed by atoms with Crippen LogP contribution in [0.15, 0.2) is 29.3 Å². The van der Waals surface area contributed by atoms with Crippen LogP contribution in [0.2, 0.25) is 0 Å². The van der Waals surface area contributed by atoms with Crippen molar-refractivity contribution in [3.8, 4) is 5.75 Å². The van der Waals surface area contributed by atoms with Gasteiger partial charge in [0, 0.05) is 26.7 Å². The van der Waals surface area contributed by atoms with Crippen LogP contribution >= 0.6 is 24.0 Å². The van der Waals surface area contributed by atoms with Crippen molar-refractivity contribution in [3.63, 3.8) is 0 Å². The molecule has 2 fully saturated rings. The summed E-state index contributed by atoms with van der Waals surface area (Å²) in [7, 11) is 1.78. The Kier molecular flexibility index (Phi) is 9.04. The fraction of sp³-hybridized carbons (Fsp3) is 0.632. The van der Waals surface area contributed by atoms with E-state index < -0.39 is 0 Å². The van der Waals surface area contributed by atoms with Crippen molar-refractivity contribution in [1.82, 2.24) is 10.2 Å². The summed E-state index contributed by atoms with van der Waals surface area (Å²) in [5.74, 6) is 1.23. The molecule has 8 heteroatoms. The van der Waals surface area contributed by atoms with Crippen molar-refractivity contribution < 1.29 is 18.6 Å². The quantitative estimate of drug-likeness (QED) is 0.389. The lowest BCUT2D eigenvalue weighted by Crippen LogP contribution is -2.54. The van der Waals surface area contributed by atoms with E-state index in [9.17, 15) is 4.39 Å². The van der Waals surface area contributed by atoms with Gasteiger partial charge in [0.2, 0.25) is 0 Å². The predicted molar refractivity (Wildman–Crippen MR) is 114 cm³/mol. The Bertz CT molecular complexity index is 596. The zero-order valence-corrected chi connectivity index (χ0v) is 18.2. The van der Waals surface area contributed by atoms with Crippen molar-refractivity contribution in [1.29, 1.82) is 0 Å². The molecule has 2 saturated heterocycles. The predicted octanol–water partition coefficient (Wildman–Crippen LogP) is 2.67. The Labute approximate surface area is 177 Å². The normalized spacial score (nSPS) is 24.3. The molecule has 3 atom stereocenters. The summed E-state index contributed by atoms with van der Waals surface area (Å²) in [5, 5.41) is 3.36. The van der Waals surface area contributed by atoms with E-state index in [2.05, 4.69) is 15.2 Å². The van der Waals surface area contributed by atoms with E-state index in [-0.39, 0.29) is 48.1 Å². The molecule has 152 valence electrons. The number of halogens is 2. The molecular formula is C19H29FIN3O3. The van der Waals surface area contributed by atoms with E-state index in [1.165, 1.54) is 12.1 Å². The van der Waals surface area contributed by atoms with Crippen molar-refractivity contribution >= 4 is 29.9 Å². The summed E-state index contributed by atoms with van der Waals surface area (Å²) >= 11 is 0. The molecule has 0 aromatic heterocycles. The van der Waals surface area contributed by atoms with Gasteiger partial charge in [-0.05, 0) is 44.0 Å². The molecule has 0 saturated carbocycles. The van der Waals surface area contributed by atoms with E-state index >= 15 is 0 Å². The SMILES string of the molecule is CN=C(NCC(C)Oc1ccc(F)cc1)N1CCOC(C2CCCO2)C1.I. The van der Waals surface area contributed by atoms with E-state index in [0.29, 0.717) is 18.9 Å². The average Bonchev–Trinajstić information content (AvgIpc) is 3.19. The van der Waals surface area contributed by atoms with Crippen molar-refractivity contribution in [2.24, 2.45) is 4.99 Å². The number of rotatable bonds is 5. The molecule has 1 aromatic carbocycles. The first kappa shape index (κ1) is 22.2. The Balaban J connectivity index is 0.00000261. The summed E-state index contributed by atoms with van der Waals surface area (Å²) < 4.78 is 30.4. The maximum atomic E-state index is 13.0. The molecule has 1 aromatic rings. The molecule has 6 nitrogen and oxygen atoms in total. The summed E-state index contributed by atoms with van der Waals surface area (Å²) in [6.45, 7) is 5.65. The molecule has 0 aliphatic carbocycles. The number of benzene rings is 1. The fourth-order valence-electron chi connectivity index (χ4n) is 3.34. The Morgan fingerprint density at radius 2 is 2.04 bits per heavy atom. The van der Waals surface area contributed by atoms with Crippen LogP contribution in [0.25, 0.3) is 0 Å². The number of morpholine rings is 1. The molecule has 27 heavy (non-hydrogen) atoms. The zero-order valence-electron chi connectivity index (χ0n) is 15.9. The van der Waals surface area contributed by atoms with Crippen molar-refractivity contribution in [3.05, 3.63) is 30.1 Å². The molecule has 0 radical (unpaired) electrons. The van der Waals surface area contributed by atoms with Crippen LogP contribution in [0, 0.1) is 5.82 Å². The van der Waals surface area contributed by atoms with Crippen molar-refractivity contribution in [2.45, 2.75) is 38.1 Å². The highest BCUT2D eigenvalue weighted by atomic mass is 127. The number of nitrogens with zero attached hydrogens (tertiary/aromatic N) is 2. The number of nitrogens with one attached hydrogen (secondary N) is 1. The van der Waals surface area contributed by atoms with Gasteiger partial charge in [-0.1, -0.05) is 0 Å². The first-order valence-corrected chi connectivity index (χ1v) is 9.26. The van der Waals surface area contributed by atoms with Gasteiger partial charge >= 0.3 is 0 Å². The monoisotopic (exact) mass is 493 g/mol. The summed E-state index contributed by atoms with van der Waals surface area (Å²) in [4.78, 5) is 6.60. The topological polar surface area (TPSA) is 55.3 Å². The molecule has 2 heterocycles. The number of aliphatic imine (C=N–C) groups is 1. The minimum absolute atomic E-state index is 0. The van der Waals surface area contributed by atoms with Gasteiger partial charge in [0.25, 0.3) is 0 Å². The summed E-state index contributed by atoms with van der Waals surface area (Å²) in [5.41, 5.74) is 0. The Hall–Kier alpha value is -1.13. The van der Waals surface area contributed by atoms with Crippen LogP contribution in [-0.2, 0) is 9.47 Å². The highest BCUT2D eigenvalue weighted by Gasteiger charge is 2.32. The first-order valence-electron chi connectivity index (χ1n) is 9.26. The van der Waals surface area contributed by atoms with E-state index in [1.807, 2.05) is 6.92 Å². The number of ether oxygens (including phenoxy) is 3. The average molecular weight is 493 g/mol. The molecule has 0 amide bonds. The second-order valence-corrected chi connectivity index (χ2v) is 6.72. The largest absolute Gasteiger partial charge is 0.489 e. The molecule has 0 spiro atoms. The maximum absolute atomic E-state index is 13.0. The molecule has 3 rings (SSSR count). The van der Waals surface area contributed by atoms with Crippen molar-refractivity contribution in [2.75, 3.05) is 39.9 Å². The second-order valence-electron chi connectivity index (χ2n) is 6.72. The standard InChI is InChI=1S/C19H28FN3O3.HI/c1-14(26-16-7-5-15(20)6-8-16)12-22-19(21-2)23-9-11-25-18(13-23)17-4-3-10-24-17;/h5-8,14,17-18H,3-4,9-13H2,1-2H3,(H,21,22);1H. The minimum Gasteiger partial charge on any atom is -0.489 e. The highest BCUT2D eigenvalue weighted by Crippen LogP contribution is 2.21. The van der Waals surface area contributed by atoms with Gasteiger partial charge in [0.15, 0.2) is 5.96 Å². The Morgan fingerprint density at radius 3 is 2.70 bits per heavy atom. The van der Waals surface area contributed by atoms with E-state index in [0.717, 1.165) is 38.5 Å². The van der Waals surface area contributed by atoms with Gasteiger partial charge in [0.05, 0.1) is 19.3 Å². The lowest BCUT2D eigenvalue weighted by Gasteiger charge is -2.37. The van der Waals surface area contributed by atoms with Crippen LogP contribution in [-0.4, -0.2) is 69.1 Å². The van der Waals surface area contributed by atoms with Crippen LogP contribution < -0.4 is 10.1 Å². The maximum Gasteiger partial charge on any atom is 0.193 e. The van der Waals surface area contributed by atoms with Crippen LogP contribution in [0.4, 0.5) is 4.39 Å². The van der Waals surface area contributed by atoms with Gasteiger partial charge in [-0.15, -0.1) is 24.0 Å². The third kappa shape index (κ3) is 6.46. The zero-order chi connectivity index (χ0) is 18.4. The minimum atomic E-state index is -0.267. The van der Waals surface area contributed by atoms with Crippen LogP contribution in [0.3, 0.4) is 0 Å². The fourth-order valence-corrected chi connectivity index (χ4v) is 3.34. The number of guanidine groups is 1. The third-order valence-corrected chi connectivity index (χ3v) is 4.68. The van der Waals surface area contributed by atoms with Crippen LogP contribution in [0.5, 0.6) is 5.75 Å². The number of hydrogen-bond donors (Lipinski definition) is 1. The summed E-state index contributed by atoms with van der Waals surface area (Å²) in [6.07, 6.45) is 2.38. The third-order valence-electron chi connectivity index (χ3n) is 4.68. The van der Waals surface area contributed by atoms with Gasteiger partial charge in [-0.3, -0.25) is 4.99 Å². The smallest absolute Gasteiger partial charge is 0.193 e. The molecule has 2 aliphatic heterocycles. The van der Waals surface area contributed by atoms with Gasteiger partial charge in [0.1, 0.15) is 23.8 Å². The van der Waals surface area contributed by atoms with E-state index in [4.69, 9.17) is 14.2 Å². The van der Waals surface area contributed by atoms with Gasteiger partial charge < -0.3 is 24.4 Å². The second kappa shape index (κ2) is 11.0. The van der Waals surface area contributed by atoms with Gasteiger partial charge in [-0.2, -0.15) is 0 Å². The lowest BCUT2D eigenvalue weighted by molar-refractivity contribution is -0.0817. The molecule has 1 N–H and O–H groups in total. The molecule has 0 bridgehead atoms. The van der Waals surface area contributed by atoms with Gasteiger partial charge in [-0.25, -0.2) is 4.39 Å². The molecule has 3 unspecified atom stereocenters. The lowest BCUT2D eigenvalue weighted by atomic mass is 10.1. The summed E-state index contributed by atoms with van der Waals surface area (Å²) in [6, 6.07) is 6.06. The molecule has 2 aliphatic rings. The van der Waals surface area contributed by atoms with E-state index in [1.54, 1.807) is 19.2 Å². The number of hydrogen-bond acceptors (Lipinski definition) is 4.